The van der Waals surface area contributed by atoms with Crippen LogP contribution in [-0.4, -0.2) is 37.8 Å². The van der Waals surface area contributed by atoms with Crippen LogP contribution >= 0.6 is 0 Å². The summed E-state index contributed by atoms with van der Waals surface area (Å²) in [5, 5.41) is 8.20. The maximum atomic E-state index is 10.5. The lowest BCUT2D eigenvalue weighted by atomic mass is 10.2. The highest BCUT2D eigenvalue weighted by molar-refractivity contribution is 7.85. The summed E-state index contributed by atoms with van der Waals surface area (Å²) in [6.07, 6.45) is 0.805. The number of benzene rings is 1. The lowest BCUT2D eigenvalue weighted by molar-refractivity contribution is -0.140. The summed E-state index contributed by atoms with van der Waals surface area (Å²) in [5.74, 6) is -0.265. The zero-order valence-electron chi connectivity index (χ0n) is 10.9. The molecule has 7 heteroatoms. The quantitative estimate of drug-likeness (QED) is 0.637. The molecule has 0 radical (unpaired) electrons. The van der Waals surface area contributed by atoms with Crippen molar-refractivity contribution in [3.63, 3.8) is 0 Å². The van der Waals surface area contributed by atoms with Crippen molar-refractivity contribution in [2.45, 2.75) is 24.7 Å². The number of carbonyl (C=O) groups is 1. The van der Waals surface area contributed by atoms with E-state index in [0.717, 1.165) is 5.56 Å². The zero-order chi connectivity index (χ0) is 14.9. The van der Waals surface area contributed by atoms with E-state index in [1.165, 1.54) is 19.2 Å². The average molecular weight is 290 g/mol. The van der Waals surface area contributed by atoms with Crippen LogP contribution in [0, 0.1) is 6.92 Å². The molecule has 0 atom stereocenters. The summed E-state index contributed by atoms with van der Waals surface area (Å²) in [6.45, 7) is 1.89. The predicted molar refractivity (Wildman–Crippen MR) is 69.3 cm³/mol. The molecule has 0 aliphatic heterocycles. The van der Waals surface area contributed by atoms with Crippen molar-refractivity contribution in [2.24, 2.45) is 0 Å². The minimum atomic E-state index is -4.02. The van der Waals surface area contributed by atoms with Crippen LogP contribution in [0.4, 0.5) is 0 Å². The molecular weight excluding hydrogens is 272 g/mol. The van der Waals surface area contributed by atoms with Gasteiger partial charge in [0.05, 0.1) is 12.0 Å². The van der Waals surface area contributed by atoms with Gasteiger partial charge in [-0.25, -0.2) is 0 Å². The van der Waals surface area contributed by atoms with Gasteiger partial charge in [-0.15, -0.1) is 0 Å². The van der Waals surface area contributed by atoms with Crippen LogP contribution in [0.15, 0.2) is 29.2 Å². The highest BCUT2D eigenvalue weighted by Crippen LogP contribution is 2.08. The van der Waals surface area contributed by atoms with Crippen LogP contribution in [0.25, 0.3) is 0 Å². The van der Waals surface area contributed by atoms with Crippen molar-refractivity contribution in [1.29, 1.82) is 0 Å². The molecule has 0 unspecified atom stereocenters. The summed E-state index contributed by atoms with van der Waals surface area (Å²) in [4.78, 5) is 10.2. The fraction of sp³-hybridized carbons (Fsp3) is 0.417. The normalized spacial score (nSPS) is 10.3. The molecule has 6 nitrogen and oxygen atoms in total. The third kappa shape index (κ3) is 8.30. The molecule has 1 aromatic carbocycles. The summed E-state index contributed by atoms with van der Waals surface area (Å²) < 4.78 is 33.9. The maximum absolute atomic E-state index is 10.5. The highest BCUT2D eigenvalue weighted by Gasteiger charge is 2.06. The van der Waals surface area contributed by atoms with Crippen LogP contribution in [-0.2, 0) is 19.6 Å². The molecule has 0 aliphatic carbocycles. The Morgan fingerprint density at radius 3 is 2.16 bits per heavy atom. The molecule has 1 aromatic rings. The molecule has 0 amide bonds. The van der Waals surface area contributed by atoms with Gasteiger partial charge in [-0.05, 0) is 25.5 Å². The number of aliphatic hydroxyl groups excluding tert-OH is 1. The van der Waals surface area contributed by atoms with Gasteiger partial charge >= 0.3 is 5.97 Å². The standard InChI is InChI=1S/C7H8O3S.C5H10O3/c1-6-2-4-7(5-3-6)11(8,9)10;1-8-5(7)3-2-4-6/h2-5H,1H3,(H,8,9,10);6H,2-4H2,1H3. The molecule has 0 aromatic heterocycles. The van der Waals surface area contributed by atoms with Crippen molar-refractivity contribution in [3.05, 3.63) is 29.8 Å². The Morgan fingerprint density at radius 2 is 1.79 bits per heavy atom. The van der Waals surface area contributed by atoms with E-state index in [2.05, 4.69) is 4.74 Å². The van der Waals surface area contributed by atoms with E-state index in [4.69, 9.17) is 9.66 Å². The minimum absolute atomic E-state index is 0.0507. The van der Waals surface area contributed by atoms with Crippen molar-refractivity contribution >= 4 is 16.1 Å². The number of aliphatic hydroxyl groups is 1. The van der Waals surface area contributed by atoms with Crippen molar-refractivity contribution < 1.29 is 27.6 Å². The van der Waals surface area contributed by atoms with Gasteiger partial charge in [0.2, 0.25) is 0 Å². The Hall–Kier alpha value is -1.44. The number of methoxy groups -OCH3 is 1. The van der Waals surface area contributed by atoms with E-state index in [-0.39, 0.29) is 17.5 Å². The molecule has 0 saturated heterocycles. The predicted octanol–water partition coefficient (Wildman–Crippen LogP) is 1.17. The Labute approximate surface area is 112 Å². The van der Waals surface area contributed by atoms with Crippen LogP contribution in [0.2, 0.25) is 0 Å². The third-order valence-electron chi connectivity index (χ3n) is 2.09. The van der Waals surface area contributed by atoms with Crippen LogP contribution in [0.3, 0.4) is 0 Å². The molecule has 0 spiro atoms. The van der Waals surface area contributed by atoms with E-state index >= 15 is 0 Å². The van der Waals surface area contributed by atoms with Crippen LogP contribution < -0.4 is 0 Å². The molecule has 0 fully saturated rings. The van der Waals surface area contributed by atoms with Crippen LogP contribution in [0.1, 0.15) is 18.4 Å². The molecule has 108 valence electrons. The second kappa shape index (κ2) is 8.63. The number of hydrogen-bond acceptors (Lipinski definition) is 5. The van der Waals surface area contributed by atoms with Gasteiger partial charge < -0.3 is 9.84 Å². The monoisotopic (exact) mass is 290 g/mol. The molecule has 0 heterocycles. The number of esters is 1. The fourth-order valence-corrected chi connectivity index (χ4v) is 1.52. The Morgan fingerprint density at radius 1 is 1.26 bits per heavy atom. The Balaban J connectivity index is 0.000000362. The number of rotatable bonds is 4. The van der Waals surface area contributed by atoms with E-state index in [1.807, 2.05) is 6.92 Å². The lowest BCUT2D eigenvalue weighted by Crippen LogP contribution is -2.00. The van der Waals surface area contributed by atoms with Gasteiger partial charge in [0, 0.05) is 13.0 Å². The van der Waals surface area contributed by atoms with Crippen LogP contribution in [0.5, 0.6) is 0 Å². The van der Waals surface area contributed by atoms with E-state index in [1.54, 1.807) is 12.1 Å². The molecule has 1 rings (SSSR count). The summed E-state index contributed by atoms with van der Waals surface area (Å²) in [6, 6.07) is 5.99. The Kier molecular flexibility index (Phi) is 7.97. The second-order valence-corrected chi connectivity index (χ2v) is 5.11. The minimum Gasteiger partial charge on any atom is -0.469 e. The fourth-order valence-electron chi connectivity index (χ4n) is 1.04. The highest BCUT2D eigenvalue weighted by atomic mass is 32.2. The zero-order valence-corrected chi connectivity index (χ0v) is 11.7. The SMILES string of the molecule is COC(=O)CCCO.Cc1ccc(S(=O)(=O)O)cc1. The summed E-state index contributed by atoms with van der Waals surface area (Å²) >= 11 is 0. The van der Waals surface area contributed by atoms with Gasteiger partial charge in [0.1, 0.15) is 0 Å². The van der Waals surface area contributed by atoms with E-state index < -0.39 is 10.1 Å². The number of carbonyl (C=O) groups excluding carboxylic acids is 1. The average Bonchev–Trinajstić information content (AvgIpc) is 2.36. The molecule has 19 heavy (non-hydrogen) atoms. The van der Waals surface area contributed by atoms with Crippen molar-refractivity contribution in [2.75, 3.05) is 13.7 Å². The summed E-state index contributed by atoms with van der Waals surface area (Å²) in [7, 11) is -2.69. The number of ether oxygens (including phenoxy) is 1. The first-order valence-corrected chi connectivity index (χ1v) is 6.97. The van der Waals surface area contributed by atoms with Gasteiger partial charge in [0.25, 0.3) is 10.1 Å². The molecule has 0 aliphatic rings. The molecule has 0 bridgehead atoms. The first kappa shape index (κ1) is 17.6. The number of aryl methyl sites for hydroxylation is 1. The van der Waals surface area contributed by atoms with Gasteiger partial charge in [0.15, 0.2) is 0 Å². The smallest absolute Gasteiger partial charge is 0.305 e. The van der Waals surface area contributed by atoms with E-state index in [9.17, 15) is 13.2 Å². The molecule has 2 N–H and O–H groups in total. The first-order chi connectivity index (χ1) is 8.81. The van der Waals surface area contributed by atoms with Crippen molar-refractivity contribution in [1.82, 2.24) is 0 Å². The second-order valence-electron chi connectivity index (χ2n) is 3.69. The maximum Gasteiger partial charge on any atom is 0.305 e. The lowest BCUT2D eigenvalue weighted by Gasteiger charge is -1.95. The molecular formula is C12H18O6S. The molecule has 0 saturated carbocycles. The van der Waals surface area contributed by atoms with Gasteiger partial charge in [-0.2, -0.15) is 8.42 Å². The van der Waals surface area contributed by atoms with Crippen molar-refractivity contribution in [3.8, 4) is 0 Å². The van der Waals surface area contributed by atoms with E-state index in [0.29, 0.717) is 12.8 Å². The summed E-state index contributed by atoms with van der Waals surface area (Å²) in [5.41, 5.74) is 0.956. The first-order valence-electron chi connectivity index (χ1n) is 5.53. The Bertz CT molecular complexity index is 477. The third-order valence-corrected chi connectivity index (χ3v) is 2.95. The van der Waals surface area contributed by atoms with Gasteiger partial charge in [-0.1, -0.05) is 17.7 Å². The number of hydrogen-bond donors (Lipinski definition) is 2. The largest absolute Gasteiger partial charge is 0.469 e. The van der Waals surface area contributed by atoms with Gasteiger partial charge in [-0.3, -0.25) is 9.35 Å². The topological polar surface area (TPSA) is 101 Å².